The normalized spacial score (nSPS) is 5.83. The second kappa shape index (κ2) is 22.5. The molecule has 0 atom stereocenters. The summed E-state index contributed by atoms with van der Waals surface area (Å²) in [6, 6.07) is 0. The summed E-state index contributed by atoms with van der Waals surface area (Å²) in [6.45, 7) is 0. The van der Waals surface area contributed by atoms with Crippen LogP contribution in [0.5, 0.6) is 0 Å². The van der Waals surface area contributed by atoms with E-state index >= 15 is 0 Å². The molecule has 0 fully saturated rings. The van der Waals surface area contributed by atoms with Gasteiger partial charge in [0.2, 0.25) is 0 Å². The Kier molecular flexibility index (Phi) is 42.6. The number of halogens is 2. The molecule has 0 aromatic heterocycles. The van der Waals surface area contributed by atoms with Crippen LogP contribution in [0.2, 0.25) is 0 Å². The first kappa shape index (κ1) is 22.7. The van der Waals surface area contributed by atoms with Crippen LogP contribution in [0, 0.1) is 30.6 Å². The molecule has 0 saturated carbocycles. The van der Waals surface area contributed by atoms with Crippen LogP contribution in [0.3, 0.4) is 0 Å². The molecule has 0 spiro atoms. The predicted molar refractivity (Wildman–Crippen MR) is 32.4 cm³/mol. The Morgan fingerprint density at radius 1 is 0.917 bits per heavy atom. The molecule has 12 heavy (non-hydrogen) atoms. The molecule has 0 aliphatic rings. The average Bonchev–Trinajstić information content (AvgIpc) is 1.60. The van der Waals surface area contributed by atoms with E-state index < -0.39 is 10.2 Å². The topological polar surface area (TPSA) is 132 Å². The maximum Gasteiger partial charge on any atom is 2.00 e. The molecule has 81 valence electrons. The minimum absolute atomic E-state index is 0. The third-order valence-electron chi connectivity index (χ3n) is 0. The van der Waals surface area contributed by atoms with Crippen LogP contribution in [-0.2, 0) is 33.0 Å². The van der Waals surface area contributed by atoms with E-state index in [0.717, 1.165) is 0 Å². The van der Waals surface area contributed by atoms with Gasteiger partial charge in [0.1, 0.15) is 0 Å². The van der Waals surface area contributed by atoms with Crippen LogP contribution in [0.4, 0.5) is 0 Å². The zero-order chi connectivity index (χ0) is 9.86. The summed E-state index contributed by atoms with van der Waals surface area (Å²) < 4.78 is 0. The molecule has 0 saturated heterocycles. The van der Waals surface area contributed by atoms with Crippen LogP contribution >= 0.6 is 19.1 Å². The van der Waals surface area contributed by atoms with Gasteiger partial charge < -0.3 is 30.6 Å². The van der Waals surface area contributed by atoms with E-state index in [2.05, 4.69) is 0 Å². The molecule has 12 heteroatoms. The summed E-state index contributed by atoms with van der Waals surface area (Å²) in [4.78, 5) is 16.5. The number of rotatable bonds is 0. The van der Waals surface area contributed by atoms with E-state index in [1.165, 1.54) is 0 Å². The van der Waals surface area contributed by atoms with Crippen LogP contribution < -0.4 is 0 Å². The smallest absolute Gasteiger partial charge is 2.00 e. The monoisotopic (exact) mass is 363 g/mol. The van der Waals surface area contributed by atoms with Crippen LogP contribution in [-0.4, -0.2) is 10.2 Å². The van der Waals surface area contributed by atoms with Crippen molar-refractivity contribution < 1.29 is 43.2 Å². The summed E-state index contributed by atoms with van der Waals surface area (Å²) in [7, 11) is 9.63. The summed E-state index contributed by atoms with van der Waals surface area (Å²) in [5.41, 5.74) is 0. The molecule has 0 rings (SSSR count). The molecular formula is Cl2CuN2O6Pd. The maximum atomic E-state index is 8.25. The Labute approximate surface area is 92.6 Å². The SMILES string of the molecule is O=[N+]([O-])[O-].O=[N+]([O-])[O-].[Cl][Pd][Cl].[Cu+2]. The molecule has 0 heterocycles. The Morgan fingerprint density at radius 3 is 0.917 bits per heavy atom. The van der Waals surface area contributed by atoms with Gasteiger partial charge in [-0.1, -0.05) is 0 Å². The summed E-state index contributed by atoms with van der Waals surface area (Å²) in [5, 5.41) is 29.5. The van der Waals surface area contributed by atoms with Gasteiger partial charge in [-0.3, -0.25) is 0 Å². The third-order valence-corrected chi connectivity index (χ3v) is 0. The Balaban J connectivity index is -0.0000000389. The molecule has 0 amide bonds. The van der Waals surface area contributed by atoms with Gasteiger partial charge in [0.15, 0.2) is 0 Å². The van der Waals surface area contributed by atoms with E-state index in [4.69, 9.17) is 49.7 Å². The summed E-state index contributed by atoms with van der Waals surface area (Å²) >= 11 is -0.106. The Morgan fingerprint density at radius 2 is 0.917 bits per heavy atom. The second-order valence-electron chi connectivity index (χ2n) is 0.492. The summed E-state index contributed by atoms with van der Waals surface area (Å²) in [5.74, 6) is 0. The van der Waals surface area contributed by atoms with Gasteiger partial charge in [-0.2, -0.15) is 0 Å². The summed E-state index contributed by atoms with van der Waals surface area (Å²) in [6.07, 6.45) is 0. The average molecular weight is 365 g/mol. The standard InChI is InChI=1S/2ClH.Cu.2NO3.Pd/c;;;2*2-1(3)4;/h2*1H;;;;/q;;+2;2*-1;+2/p-2. The molecule has 0 bridgehead atoms. The molecule has 0 N–H and O–H groups in total. The van der Waals surface area contributed by atoms with E-state index in [1.54, 1.807) is 0 Å². The molecule has 0 unspecified atom stereocenters. The predicted octanol–water partition coefficient (Wildman–Crippen LogP) is 0.896. The second-order valence-corrected chi connectivity index (χ2v) is 2.85. The van der Waals surface area contributed by atoms with Crippen molar-refractivity contribution >= 4 is 19.1 Å². The van der Waals surface area contributed by atoms with Crippen molar-refractivity contribution in [2.75, 3.05) is 0 Å². The minimum atomic E-state index is -1.75. The molecule has 0 aliphatic carbocycles. The maximum absolute atomic E-state index is 8.25. The number of nitrogens with zero attached hydrogens (tertiary/aromatic N) is 2. The van der Waals surface area contributed by atoms with Gasteiger partial charge in [-0.15, -0.1) is 0 Å². The largest absolute Gasteiger partial charge is 2.00 e. The zero-order valence-electron chi connectivity index (χ0n) is 4.72. The fourth-order valence-electron chi connectivity index (χ4n) is 0. The quantitative estimate of drug-likeness (QED) is 0.356. The van der Waals surface area contributed by atoms with Crippen LogP contribution in [0.1, 0.15) is 0 Å². The Bertz CT molecular complexity index is 91.7. The molecule has 0 aromatic rings. The van der Waals surface area contributed by atoms with E-state index in [9.17, 15) is 0 Å². The van der Waals surface area contributed by atoms with Crippen molar-refractivity contribution in [2.24, 2.45) is 0 Å². The van der Waals surface area contributed by atoms with Crippen molar-refractivity contribution in [2.45, 2.75) is 0 Å². The van der Waals surface area contributed by atoms with Crippen molar-refractivity contribution in [3.05, 3.63) is 30.6 Å². The van der Waals surface area contributed by atoms with E-state index in [0.29, 0.717) is 0 Å². The van der Waals surface area contributed by atoms with Crippen LogP contribution in [0.15, 0.2) is 0 Å². The molecule has 0 aromatic carbocycles. The van der Waals surface area contributed by atoms with E-state index in [-0.39, 0.29) is 33.0 Å². The number of hydrogen-bond donors (Lipinski definition) is 0. The molecular weight excluding hydrogens is 365 g/mol. The van der Waals surface area contributed by atoms with Crippen molar-refractivity contribution in [1.82, 2.24) is 0 Å². The van der Waals surface area contributed by atoms with Gasteiger partial charge in [0.25, 0.3) is 0 Å². The van der Waals surface area contributed by atoms with Crippen molar-refractivity contribution in [3.8, 4) is 0 Å². The zero-order valence-corrected chi connectivity index (χ0v) is 8.73. The first-order valence-electron chi connectivity index (χ1n) is 1.33. The Hall–Kier alpha value is 0.162. The fraction of sp³-hybridized carbons (Fsp3) is 0. The third kappa shape index (κ3) is 32600. The van der Waals surface area contributed by atoms with Gasteiger partial charge in [-0.05, 0) is 0 Å². The van der Waals surface area contributed by atoms with E-state index in [1.807, 2.05) is 0 Å². The number of hydrogen-bond acceptors (Lipinski definition) is 6. The first-order valence-corrected chi connectivity index (χ1v) is 5.34. The van der Waals surface area contributed by atoms with Crippen molar-refractivity contribution in [1.29, 1.82) is 0 Å². The minimum Gasteiger partial charge on any atom is 2.00 e. The van der Waals surface area contributed by atoms with Gasteiger partial charge in [0, 0.05) is 0 Å². The fourth-order valence-corrected chi connectivity index (χ4v) is 0. The first-order chi connectivity index (χ1) is 4.88. The van der Waals surface area contributed by atoms with Gasteiger partial charge in [0.05, 0.1) is 10.2 Å². The van der Waals surface area contributed by atoms with Gasteiger partial charge in [-0.25, -0.2) is 0 Å². The van der Waals surface area contributed by atoms with Crippen LogP contribution in [0.25, 0.3) is 0 Å². The molecule has 0 aliphatic heterocycles. The van der Waals surface area contributed by atoms with Crippen molar-refractivity contribution in [3.63, 3.8) is 0 Å². The molecule has 8 nitrogen and oxygen atoms in total. The molecule has 1 radical (unpaired) electrons. The van der Waals surface area contributed by atoms with Gasteiger partial charge >= 0.3 is 52.1 Å².